The molecule has 2 aliphatic rings. The molecule has 0 aliphatic carbocycles. The van der Waals surface area contributed by atoms with Crippen LogP contribution in [-0.2, 0) is 11.2 Å². The van der Waals surface area contributed by atoms with Crippen molar-refractivity contribution in [1.29, 1.82) is 0 Å². The third-order valence-electron chi connectivity index (χ3n) is 7.81. The fourth-order valence-corrected chi connectivity index (χ4v) is 5.70. The maximum atomic E-state index is 13.7. The van der Waals surface area contributed by atoms with E-state index < -0.39 is 0 Å². The summed E-state index contributed by atoms with van der Waals surface area (Å²) in [6.45, 7) is 6.57. The predicted octanol–water partition coefficient (Wildman–Crippen LogP) is 5.94. The van der Waals surface area contributed by atoms with Crippen molar-refractivity contribution in [3.05, 3.63) is 101 Å². The van der Waals surface area contributed by atoms with Gasteiger partial charge in [0.15, 0.2) is 0 Å². The van der Waals surface area contributed by atoms with Crippen LogP contribution < -0.4 is 4.74 Å². The second kappa shape index (κ2) is 11.3. The molecule has 1 amide bonds. The molecule has 2 aliphatic heterocycles. The van der Waals surface area contributed by atoms with Crippen molar-refractivity contribution >= 4 is 11.6 Å². The van der Waals surface area contributed by atoms with Crippen molar-refractivity contribution in [2.75, 3.05) is 26.7 Å². The van der Waals surface area contributed by atoms with Crippen molar-refractivity contribution in [2.45, 2.75) is 45.6 Å². The molecule has 3 aromatic carbocycles. The molecule has 1 fully saturated rings. The van der Waals surface area contributed by atoms with Crippen LogP contribution in [0.1, 0.15) is 53.1 Å². The average molecular weight is 496 g/mol. The molecule has 1 saturated heterocycles. The first-order valence-electron chi connectivity index (χ1n) is 13.4. The molecule has 37 heavy (non-hydrogen) atoms. The number of aryl methyl sites for hydroxylation is 2. The zero-order valence-corrected chi connectivity index (χ0v) is 22.2. The van der Waals surface area contributed by atoms with E-state index in [1.165, 1.54) is 22.3 Å². The summed E-state index contributed by atoms with van der Waals surface area (Å²) < 4.78 is 5.32. The topological polar surface area (TPSA) is 45.1 Å². The molecule has 0 bridgehead atoms. The molecule has 5 rings (SSSR count). The van der Waals surface area contributed by atoms with Gasteiger partial charge in [-0.1, -0.05) is 54.1 Å². The van der Waals surface area contributed by atoms with Gasteiger partial charge in [0.1, 0.15) is 5.75 Å². The molecular weight excluding hydrogens is 458 g/mol. The fourth-order valence-electron chi connectivity index (χ4n) is 5.70. The smallest absolute Gasteiger partial charge is 0.257 e. The van der Waals surface area contributed by atoms with Crippen LogP contribution in [0.5, 0.6) is 5.75 Å². The quantitative estimate of drug-likeness (QED) is 0.407. The van der Waals surface area contributed by atoms with Crippen LogP contribution in [-0.4, -0.2) is 48.3 Å². The number of carbonyl (C=O) groups is 1. The van der Waals surface area contributed by atoms with E-state index >= 15 is 0 Å². The van der Waals surface area contributed by atoms with Gasteiger partial charge in [-0.05, 0) is 98.6 Å². The molecule has 0 spiro atoms. The summed E-state index contributed by atoms with van der Waals surface area (Å²) >= 11 is 0. The minimum absolute atomic E-state index is 0.0787. The highest BCUT2D eigenvalue weighted by molar-refractivity contribution is 6.03. The molecule has 0 unspecified atom stereocenters. The first kappa shape index (κ1) is 25.2. The highest BCUT2D eigenvalue weighted by atomic mass is 16.5. The van der Waals surface area contributed by atoms with Gasteiger partial charge in [-0.3, -0.25) is 9.69 Å². The Labute approximate surface area is 220 Å². The summed E-state index contributed by atoms with van der Waals surface area (Å²) in [6.07, 6.45) is 4.09. The molecule has 5 heteroatoms. The molecule has 1 atom stereocenters. The van der Waals surface area contributed by atoms with E-state index in [1.54, 1.807) is 12.1 Å². The normalized spacial score (nSPS) is 18.6. The number of methoxy groups -OCH3 is 1. The summed E-state index contributed by atoms with van der Waals surface area (Å²) in [5.41, 5.74) is 7.00. The van der Waals surface area contributed by atoms with Crippen LogP contribution in [0.4, 0.5) is 0 Å². The molecule has 2 heterocycles. The average Bonchev–Trinajstić information content (AvgIpc) is 3.36. The van der Waals surface area contributed by atoms with Gasteiger partial charge in [0.05, 0.1) is 25.4 Å². The third-order valence-corrected chi connectivity index (χ3v) is 7.81. The van der Waals surface area contributed by atoms with E-state index in [1.807, 2.05) is 24.3 Å². The number of benzene rings is 3. The standard InChI is InChI=1S/C32H37N3O2/c1-23-9-14-29(24(2)19-23)31-21-30(27-10-12-28(37-3)13-11-27)33-35(31)32(36)22-34-17-15-26(16-18-34)20-25-7-5-4-6-8-25/h4-14,19,26,31H,15-18,20-22H2,1-3H3/t31-/m0/s1. The van der Waals surface area contributed by atoms with Gasteiger partial charge in [-0.25, -0.2) is 5.01 Å². The van der Waals surface area contributed by atoms with Crippen molar-refractivity contribution in [3.63, 3.8) is 0 Å². The number of piperidine rings is 1. The van der Waals surface area contributed by atoms with Crippen LogP contribution in [0.3, 0.4) is 0 Å². The zero-order chi connectivity index (χ0) is 25.8. The van der Waals surface area contributed by atoms with Gasteiger partial charge in [0, 0.05) is 6.42 Å². The number of carbonyl (C=O) groups excluding carboxylic acids is 1. The van der Waals surface area contributed by atoms with E-state index in [2.05, 4.69) is 67.3 Å². The third kappa shape index (κ3) is 5.94. The second-order valence-corrected chi connectivity index (χ2v) is 10.5. The van der Waals surface area contributed by atoms with E-state index in [4.69, 9.17) is 9.84 Å². The minimum Gasteiger partial charge on any atom is -0.497 e. The van der Waals surface area contributed by atoms with Gasteiger partial charge < -0.3 is 4.74 Å². The van der Waals surface area contributed by atoms with Crippen molar-refractivity contribution in [3.8, 4) is 5.75 Å². The molecule has 192 valence electrons. The lowest BCUT2D eigenvalue weighted by molar-refractivity contribution is -0.134. The molecular formula is C32H37N3O2. The Balaban J connectivity index is 1.29. The van der Waals surface area contributed by atoms with Crippen LogP contribution in [0.25, 0.3) is 0 Å². The predicted molar refractivity (Wildman–Crippen MR) is 149 cm³/mol. The van der Waals surface area contributed by atoms with Gasteiger partial charge in [-0.15, -0.1) is 0 Å². The number of rotatable bonds is 7. The first-order valence-corrected chi connectivity index (χ1v) is 13.4. The summed E-state index contributed by atoms with van der Waals surface area (Å²) in [5, 5.41) is 6.66. The van der Waals surface area contributed by atoms with Crippen LogP contribution in [0.15, 0.2) is 77.9 Å². The van der Waals surface area contributed by atoms with Crippen molar-refractivity contribution in [1.82, 2.24) is 9.91 Å². The van der Waals surface area contributed by atoms with Crippen LogP contribution in [0.2, 0.25) is 0 Å². The summed E-state index contributed by atoms with van der Waals surface area (Å²) in [4.78, 5) is 16.0. The highest BCUT2D eigenvalue weighted by Gasteiger charge is 2.35. The Kier molecular flexibility index (Phi) is 7.71. The number of hydrazone groups is 1. The second-order valence-electron chi connectivity index (χ2n) is 10.5. The Morgan fingerprint density at radius 2 is 1.70 bits per heavy atom. The molecule has 5 nitrogen and oxygen atoms in total. The molecule has 0 aromatic heterocycles. The summed E-state index contributed by atoms with van der Waals surface area (Å²) in [5.74, 6) is 1.58. The lowest BCUT2D eigenvalue weighted by atomic mass is 9.90. The number of nitrogens with zero attached hydrogens (tertiary/aromatic N) is 3. The van der Waals surface area contributed by atoms with Crippen LogP contribution >= 0.6 is 0 Å². The lowest BCUT2D eigenvalue weighted by Gasteiger charge is -2.33. The number of likely N-dealkylation sites (tertiary alicyclic amines) is 1. The molecule has 0 radical (unpaired) electrons. The van der Waals surface area contributed by atoms with Gasteiger partial charge >= 0.3 is 0 Å². The monoisotopic (exact) mass is 495 g/mol. The lowest BCUT2D eigenvalue weighted by Crippen LogP contribution is -2.42. The maximum absolute atomic E-state index is 13.7. The van der Waals surface area contributed by atoms with Gasteiger partial charge in [0.2, 0.25) is 0 Å². The number of amides is 1. The van der Waals surface area contributed by atoms with Gasteiger partial charge in [-0.2, -0.15) is 5.10 Å². The van der Waals surface area contributed by atoms with E-state index in [0.717, 1.165) is 49.4 Å². The van der Waals surface area contributed by atoms with E-state index in [0.29, 0.717) is 18.9 Å². The Morgan fingerprint density at radius 3 is 2.38 bits per heavy atom. The number of hydrogen-bond acceptors (Lipinski definition) is 4. The Bertz CT molecular complexity index is 1240. The fraction of sp³-hybridized carbons (Fsp3) is 0.375. The maximum Gasteiger partial charge on any atom is 0.257 e. The first-order chi connectivity index (χ1) is 18.0. The van der Waals surface area contributed by atoms with E-state index in [9.17, 15) is 4.79 Å². The zero-order valence-electron chi connectivity index (χ0n) is 22.2. The summed E-state index contributed by atoms with van der Waals surface area (Å²) in [7, 11) is 1.67. The SMILES string of the molecule is COc1ccc(C2=NN(C(=O)CN3CCC(Cc4ccccc4)CC3)[C@H](c3ccc(C)cc3C)C2)cc1. The molecule has 0 N–H and O–H groups in total. The Hall–Kier alpha value is -3.44. The van der Waals surface area contributed by atoms with Crippen molar-refractivity contribution in [2.24, 2.45) is 11.0 Å². The number of ether oxygens (including phenoxy) is 1. The van der Waals surface area contributed by atoms with Crippen LogP contribution in [0, 0.1) is 19.8 Å². The van der Waals surface area contributed by atoms with E-state index in [-0.39, 0.29) is 11.9 Å². The number of hydrogen-bond donors (Lipinski definition) is 0. The Morgan fingerprint density at radius 1 is 0.973 bits per heavy atom. The minimum atomic E-state index is -0.0826. The highest BCUT2D eigenvalue weighted by Crippen LogP contribution is 2.35. The largest absolute Gasteiger partial charge is 0.497 e. The van der Waals surface area contributed by atoms with Crippen molar-refractivity contribution < 1.29 is 9.53 Å². The van der Waals surface area contributed by atoms with Gasteiger partial charge in [0.25, 0.3) is 5.91 Å². The molecule has 0 saturated carbocycles. The summed E-state index contributed by atoms with van der Waals surface area (Å²) in [6, 6.07) is 25.1. The molecule has 3 aromatic rings.